The second-order valence-electron chi connectivity index (χ2n) is 6.93. The summed E-state index contributed by atoms with van der Waals surface area (Å²) < 4.78 is 5.39. The van der Waals surface area contributed by atoms with Crippen LogP contribution in [0.3, 0.4) is 0 Å². The summed E-state index contributed by atoms with van der Waals surface area (Å²) in [5.74, 6) is 0.0872. The fraction of sp³-hybridized carbons (Fsp3) is 0.579. The minimum atomic E-state index is -0.384. The minimum absolute atomic E-state index is 0. The van der Waals surface area contributed by atoms with Gasteiger partial charge in [0.25, 0.3) is 11.8 Å². The third kappa shape index (κ3) is 5.19. The first-order valence-electron chi connectivity index (χ1n) is 9.21. The molecule has 4 N–H and O–H groups in total. The van der Waals surface area contributed by atoms with Crippen LogP contribution in [0.1, 0.15) is 48.9 Å². The van der Waals surface area contributed by atoms with Gasteiger partial charge in [0.05, 0.1) is 0 Å². The van der Waals surface area contributed by atoms with Crippen molar-refractivity contribution in [2.24, 2.45) is 11.7 Å². The van der Waals surface area contributed by atoms with Gasteiger partial charge in [-0.15, -0.1) is 12.4 Å². The highest BCUT2D eigenvalue weighted by molar-refractivity contribution is 5.98. The number of carbonyl (C=O) groups is 2. The van der Waals surface area contributed by atoms with E-state index in [0.29, 0.717) is 30.3 Å². The summed E-state index contributed by atoms with van der Waals surface area (Å²) in [6.45, 7) is 1.23. The molecule has 0 spiro atoms. The molecule has 3 unspecified atom stereocenters. The third-order valence-corrected chi connectivity index (χ3v) is 5.14. The van der Waals surface area contributed by atoms with Gasteiger partial charge in [-0.2, -0.15) is 0 Å². The molecule has 3 rings (SSSR count). The van der Waals surface area contributed by atoms with Crippen molar-refractivity contribution in [3.8, 4) is 0 Å². The molecule has 1 aromatic rings. The predicted molar refractivity (Wildman–Crippen MR) is 104 cm³/mol. The van der Waals surface area contributed by atoms with Gasteiger partial charge in [0, 0.05) is 23.9 Å². The van der Waals surface area contributed by atoms with Crippen LogP contribution in [0, 0.1) is 5.92 Å². The summed E-state index contributed by atoms with van der Waals surface area (Å²) in [4.78, 5) is 24.7. The number of benzene rings is 1. The van der Waals surface area contributed by atoms with Crippen LogP contribution in [0.2, 0.25) is 0 Å². The molecule has 1 aliphatic carbocycles. The number of nitrogens with two attached hydrogens (primary N) is 1. The molecular weight excluding hydrogens is 354 g/mol. The van der Waals surface area contributed by atoms with E-state index in [1.54, 1.807) is 24.3 Å². The van der Waals surface area contributed by atoms with Crippen LogP contribution in [0.15, 0.2) is 24.3 Å². The van der Waals surface area contributed by atoms with Crippen LogP contribution in [-0.2, 0) is 9.53 Å². The lowest BCUT2D eigenvalue weighted by molar-refractivity contribution is -0.124. The number of nitrogens with one attached hydrogen (secondary N) is 2. The van der Waals surface area contributed by atoms with Crippen molar-refractivity contribution in [1.29, 1.82) is 0 Å². The van der Waals surface area contributed by atoms with E-state index in [-0.39, 0.29) is 36.4 Å². The van der Waals surface area contributed by atoms with Crippen LogP contribution < -0.4 is 16.4 Å². The molecule has 2 fully saturated rings. The molecule has 1 saturated heterocycles. The number of hydrogen-bond donors (Lipinski definition) is 3. The molecule has 2 aliphatic rings. The topological polar surface area (TPSA) is 93.5 Å². The zero-order valence-electron chi connectivity index (χ0n) is 14.9. The zero-order valence-corrected chi connectivity index (χ0v) is 15.7. The smallest absolute Gasteiger partial charge is 0.253 e. The minimum Gasteiger partial charge on any atom is -0.368 e. The van der Waals surface area contributed by atoms with Crippen molar-refractivity contribution >= 4 is 29.9 Å². The van der Waals surface area contributed by atoms with E-state index >= 15 is 0 Å². The van der Waals surface area contributed by atoms with Gasteiger partial charge >= 0.3 is 0 Å². The standard InChI is InChI=1S/C19H27N3O3.ClH/c20-12-14-5-1-2-8-16(14)22-18(23)13-6-3-7-15(11-13)21-19(24)17-9-4-10-25-17;/h3,6-7,11,14,16-17H,1-2,4-5,8-10,12,20H2,(H,21,24)(H,22,23);1H. The maximum atomic E-state index is 12.6. The van der Waals surface area contributed by atoms with Gasteiger partial charge in [0.15, 0.2) is 0 Å². The fourth-order valence-corrected chi connectivity index (χ4v) is 3.68. The fourth-order valence-electron chi connectivity index (χ4n) is 3.68. The van der Waals surface area contributed by atoms with Crippen LogP contribution in [0.4, 0.5) is 5.69 Å². The van der Waals surface area contributed by atoms with E-state index in [1.807, 2.05) is 0 Å². The van der Waals surface area contributed by atoms with Gasteiger partial charge in [-0.25, -0.2) is 0 Å². The van der Waals surface area contributed by atoms with Gasteiger partial charge in [-0.3, -0.25) is 9.59 Å². The average molecular weight is 382 g/mol. The van der Waals surface area contributed by atoms with Crippen molar-refractivity contribution in [2.45, 2.75) is 50.7 Å². The van der Waals surface area contributed by atoms with Gasteiger partial charge in [0.1, 0.15) is 6.10 Å². The van der Waals surface area contributed by atoms with Crippen molar-refractivity contribution in [1.82, 2.24) is 5.32 Å². The van der Waals surface area contributed by atoms with Crippen molar-refractivity contribution in [3.05, 3.63) is 29.8 Å². The predicted octanol–water partition coefficient (Wildman–Crippen LogP) is 2.47. The Labute approximate surface area is 160 Å². The number of carbonyl (C=O) groups excluding carboxylic acids is 2. The lowest BCUT2D eigenvalue weighted by Gasteiger charge is -2.31. The molecule has 2 amide bonds. The number of halogens is 1. The van der Waals surface area contributed by atoms with E-state index in [0.717, 1.165) is 32.1 Å². The van der Waals surface area contributed by atoms with Crippen molar-refractivity contribution in [3.63, 3.8) is 0 Å². The van der Waals surface area contributed by atoms with Crippen molar-refractivity contribution in [2.75, 3.05) is 18.5 Å². The normalized spacial score (nSPS) is 25.2. The van der Waals surface area contributed by atoms with Gasteiger partial charge in [0.2, 0.25) is 0 Å². The van der Waals surface area contributed by atoms with E-state index < -0.39 is 0 Å². The van der Waals surface area contributed by atoms with Gasteiger partial charge in [-0.1, -0.05) is 18.9 Å². The molecule has 3 atom stereocenters. The second kappa shape index (κ2) is 9.90. The molecule has 144 valence electrons. The number of anilines is 1. The molecule has 1 saturated carbocycles. The SMILES string of the molecule is Cl.NCC1CCCCC1NC(=O)c1cccc(NC(=O)C2CCCO2)c1. The Morgan fingerprint density at radius 1 is 1.15 bits per heavy atom. The molecule has 1 aromatic carbocycles. The van der Waals surface area contributed by atoms with Gasteiger partial charge < -0.3 is 21.1 Å². The van der Waals surface area contributed by atoms with E-state index in [2.05, 4.69) is 10.6 Å². The average Bonchev–Trinajstić information content (AvgIpc) is 3.17. The number of amides is 2. The van der Waals surface area contributed by atoms with Crippen LogP contribution in [0.25, 0.3) is 0 Å². The Kier molecular flexibility index (Phi) is 7.87. The molecule has 0 radical (unpaired) electrons. The lowest BCUT2D eigenvalue weighted by Crippen LogP contribution is -2.44. The first-order chi connectivity index (χ1) is 12.2. The molecule has 1 aliphatic heterocycles. The molecule has 6 nitrogen and oxygen atoms in total. The molecule has 7 heteroatoms. The Balaban J connectivity index is 0.00000243. The Morgan fingerprint density at radius 2 is 1.96 bits per heavy atom. The largest absolute Gasteiger partial charge is 0.368 e. The van der Waals surface area contributed by atoms with Gasteiger partial charge in [-0.05, 0) is 56.3 Å². The number of rotatable bonds is 5. The quantitative estimate of drug-likeness (QED) is 0.730. The molecule has 26 heavy (non-hydrogen) atoms. The summed E-state index contributed by atoms with van der Waals surface area (Å²) >= 11 is 0. The molecular formula is C19H28ClN3O3. The first-order valence-corrected chi connectivity index (χ1v) is 9.21. The molecule has 0 aromatic heterocycles. The van der Waals surface area contributed by atoms with E-state index in [1.165, 1.54) is 6.42 Å². The summed E-state index contributed by atoms with van der Waals surface area (Å²) in [5, 5.41) is 5.95. The van der Waals surface area contributed by atoms with E-state index in [9.17, 15) is 9.59 Å². The third-order valence-electron chi connectivity index (χ3n) is 5.14. The summed E-state index contributed by atoms with van der Waals surface area (Å²) in [6, 6.07) is 7.17. The van der Waals surface area contributed by atoms with Crippen LogP contribution in [-0.4, -0.2) is 37.1 Å². The number of ether oxygens (including phenoxy) is 1. The number of hydrogen-bond acceptors (Lipinski definition) is 4. The van der Waals surface area contributed by atoms with Crippen LogP contribution >= 0.6 is 12.4 Å². The first kappa shape index (κ1) is 20.7. The van der Waals surface area contributed by atoms with Crippen molar-refractivity contribution < 1.29 is 14.3 Å². The zero-order chi connectivity index (χ0) is 17.6. The monoisotopic (exact) mass is 381 g/mol. The Morgan fingerprint density at radius 3 is 2.69 bits per heavy atom. The molecule has 1 heterocycles. The highest BCUT2D eigenvalue weighted by atomic mass is 35.5. The highest BCUT2D eigenvalue weighted by Crippen LogP contribution is 2.24. The van der Waals surface area contributed by atoms with Crippen LogP contribution in [0.5, 0.6) is 0 Å². The lowest BCUT2D eigenvalue weighted by atomic mass is 9.84. The highest BCUT2D eigenvalue weighted by Gasteiger charge is 2.26. The maximum absolute atomic E-state index is 12.6. The summed E-state index contributed by atoms with van der Waals surface area (Å²) in [5.41, 5.74) is 7.00. The molecule has 0 bridgehead atoms. The summed E-state index contributed by atoms with van der Waals surface area (Å²) in [7, 11) is 0. The van der Waals surface area contributed by atoms with E-state index in [4.69, 9.17) is 10.5 Å². The summed E-state index contributed by atoms with van der Waals surface area (Å²) in [6.07, 6.45) is 5.61. The second-order valence-corrected chi connectivity index (χ2v) is 6.93. The Hall–Kier alpha value is -1.63. The maximum Gasteiger partial charge on any atom is 0.253 e. The Bertz CT molecular complexity index is 620.